The number of hydrogen-bond acceptors (Lipinski definition) is 4. The molecule has 0 bridgehead atoms. The third kappa shape index (κ3) is 3.92. The summed E-state index contributed by atoms with van der Waals surface area (Å²) in [5.74, 6) is 1.27. The Morgan fingerprint density at radius 3 is 2.63 bits per heavy atom. The van der Waals surface area contributed by atoms with Crippen LogP contribution in [-0.2, 0) is 0 Å². The third-order valence-electron chi connectivity index (χ3n) is 5.35. The molecule has 156 valence electrons. The van der Waals surface area contributed by atoms with Crippen molar-refractivity contribution in [2.45, 2.75) is 39.7 Å². The van der Waals surface area contributed by atoms with E-state index in [-0.39, 0.29) is 17.6 Å². The lowest BCUT2D eigenvalue weighted by molar-refractivity contribution is 0.0730. The van der Waals surface area contributed by atoms with E-state index in [2.05, 4.69) is 10.1 Å². The number of nitrogens with zero attached hydrogens (tertiary/aromatic N) is 4. The van der Waals surface area contributed by atoms with Gasteiger partial charge in [-0.1, -0.05) is 23.7 Å². The van der Waals surface area contributed by atoms with Crippen molar-refractivity contribution in [3.8, 4) is 11.6 Å². The number of hydrogen-bond donors (Lipinski definition) is 0. The maximum atomic E-state index is 13.4. The molecule has 4 rings (SSSR count). The van der Waals surface area contributed by atoms with E-state index < -0.39 is 0 Å². The van der Waals surface area contributed by atoms with Crippen LogP contribution in [0.5, 0.6) is 5.75 Å². The van der Waals surface area contributed by atoms with Crippen molar-refractivity contribution in [3.05, 3.63) is 70.1 Å². The Bertz CT molecular complexity index is 1060. The number of benzene rings is 1. The zero-order chi connectivity index (χ0) is 21.3. The van der Waals surface area contributed by atoms with E-state index in [0.717, 1.165) is 35.5 Å². The SMILES string of the molecule is CCOc1ccc(C2CCCN2C(=O)c2nc(-n3nc(C)cc3C)ccc2Cl)cc1. The van der Waals surface area contributed by atoms with E-state index in [0.29, 0.717) is 24.0 Å². The zero-order valence-corrected chi connectivity index (χ0v) is 18.2. The molecule has 3 heterocycles. The van der Waals surface area contributed by atoms with E-state index in [1.54, 1.807) is 16.8 Å². The van der Waals surface area contributed by atoms with Gasteiger partial charge in [-0.15, -0.1) is 0 Å². The molecule has 0 aliphatic carbocycles. The molecule has 1 aliphatic heterocycles. The topological polar surface area (TPSA) is 60.2 Å². The Morgan fingerprint density at radius 2 is 1.97 bits per heavy atom. The lowest BCUT2D eigenvalue weighted by Crippen LogP contribution is -2.31. The molecule has 1 aromatic carbocycles. The van der Waals surface area contributed by atoms with Gasteiger partial charge in [0.25, 0.3) is 5.91 Å². The number of carbonyl (C=O) groups excluding carboxylic acids is 1. The first-order valence-corrected chi connectivity index (χ1v) is 10.6. The summed E-state index contributed by atoms with van der Waals surface area (Å²) in [5, 5.41) is 4.82. The molecule has 3 aromatic rings. The minimum atomic E-state index is -0.153. The Balaban J connectivity index is 1.63. The molecule has 2 aromatic heterocycles. The fourth-order valence-electron chi connectivity index (χ4n) is 4.01. The van der Waals surface area contributed by atoms with Crippen molar-refractivity contribution in [3.63, 3.8) is 0 Å². The number of rotatable bonds is 5. The van der Waals surface area contributed by atoms with Crippen molar-refractivity contribution < 1.29 is 9.53 Å². The molecule has 1 fully saturated rings. The number of likely N-dealkylation sites (tertiary alicyclic amines) is 1. The van der Waals surface area contributed by atoms with Crippen molar-refractivity contribution in [2.24, 2.45) is 0 Å². The Morgan fingerprint density at radius 1 is 1.20 bits per heavy atom. The summed E-state index contributed by atoms with van der Waals surface area (Å²) in [6, 6.07) is 13.4. The highest BCUT2D eigenvalue weighted by Crippen LogP contribution is 2.34. The van der Waals surface area contributed by atoms with E-state index in [1.807, 2.05) is 56.0 Å². The number of aryl methyl sites for hydroxylation is 2. The molecular weight excluding hydrogens is 400 g/mol. The van der Waals surface area contributed by atoms with Gasteiger partial charge in [0.05, 0.1) is 23.4 Å². The Hall–Kier alpha value is -2.86. The van der Waals surface area contributed by atoms with Crippen molar-refractivity contribution in [1.82, 2.24) is 19.7 Å². The summed E-state index contributed by atoms with van der Waals surface area (Å²) in [6.45, 7) is 7.15. The first-order chi connectivity index (χ1) is 14.5. The van der Waals surface area contributed by atoms with Crippen molar-refractivity contribution >= 4 is 17.5 Å². The highest BCUT2D eigenvalue weighted by atomic mass is 35.5. The van der Waals surface area contributed by atoms with Gasteiger partial charge in [0.15, 0.2) is 5.82 Å². The maximum Gasteiger partial charge on any atom is 0.274 e. The second kappa shape index (κ2) is 8.48. The van der Waals surface area contributed by atoms with Crippen LogP contribution >= 0.6 is 11.6 Å². The number of amides is 1. The molecule has 30 heavy (non-hydrogen) atoms. The minimum absolute atomic E-state index is 0.00313. The summed E-state index contributed by atoms with van der Waals surface area (Å²) < 4.78 is 7.27. The van der Waals surface area contributed by atoms with Gasteiger partial charge in [-0.25, -0.2) is 9.67 Å². The average molecular weight is 425 g/mol. The van der Waals surface area contributed by atoms with Crippen LogP contribution in [0.1, 0.15) is 53.2 Å². The standard InChI is InChI=1S/C23H25ClN4O2/c1-4-30-18-9-7-17(8-10-18)20-6-5-13-27(20)23(29)22-19(24)11-12-21(25-22)28-16(3)14-15(2)26-28/h7-12,14,20H,4-6,13H2,1-3H3. The van der Waals surface area contributed by atoms with Crippen LogP contribution in [0.15, 0.2) is 42.5 Å². The predicted molar refractivity (Wildman–Crippen MR) is 116 cm³/mol. The van der Waals surface area contributed by atoms with Crippen LogP contribution in [0.3, 0.4) is 0 Å². The molecule has 1 amide bonds. The quantitative estimate of drug-likeness (QED) is 0.583. The molecule has 0 N–H and O–H groups in total. The molecule has 0 spiro atoms. The van der Waals surface area contributed by atoms with Gasteiger partial charge in [0.1, 0.15) is 11.4 Å². The molecule has 0 radical (unpaired) electrons. The first kappa shape index (κ1) is 20.4. The summed E-state index contributed by atoms with van der Waals surface area (Å²) in [6.07, 6.45) is 1.85. The summed E-state index contributed by atoms with van der Waals surface area (Å²) in [5.41, 5.74) is 3.20. The normalized spacial score (nSPS) is 16.1. The third-order valence-corrected chi connectivity index (χ3v) is 5.66. The molecule has 7 heteroatoms. The van der Waals surface area contributed by atoms with Crippen LogP contribution < -0.4 is 4.74 Å². The van der Waals surface area contributed by atoms with Gasteiger partial charge >= 0.3 is 0 Å². The van der Waals surface area contributed by atoms with Gasteiger partial charge < -0.3 is 9.64 Å². The molecule has 0 saturated carbocycles. The molecule has 1 aliphatic rings. The zero-order valence-electron chi connectivity index (χ0n) is 17.4. The highest BCUT2D eigenvalue weighted by Gasteiger charge is 2.32. The molecule has 1 unspecified atom stereocenters. The second-order valence-corrected chi connectivity index (χ2v) is 7.90. The lowest BCUT2D eigenvalue weighted by Gasteiger charge is -2.25. The smallest absolute Gasteiger partial charge is 0.274 e. The van der Waals surface area contributed by atoms with Crippen LogP contribution in [0.2, 0.25) is 5.02 Å². The highest BCUT2D eigenvalue weighted by molar-refractivity contribution is 6.33. The van der Waals surface area contributed by atoms with E-state index in [1.165, 1.54) is 0 Å². The van der Waals surface area contributed by atoms with Crippen molar-refractivity contribution in [1.29, 1.82) is 0 Å². The molecular formula is C23H25ClN4O2. The monoisotopic (exact) mass is 424 g/mol. The average Bonchev–Trinajstić information content (AvgIpc) is 3.35. The van der Waals surface area contributed by atoms with Crippen LogP contribution in [0, 0.1) is 13.8 Å². The van der Waals surface area contributed by atoms with E-state index in [4.69, 9.17) is 16.3 Å². The van der Waals surface area contributed by atoms with Crippen LogP contribution in [0.25, 0.3) is 5.82 Å². The van der Waals surface area contributed by atoms with Crippen molar-refractivity contribution in [2.75, 3.05) is 13.2 Å². The van der Waals surface area contributed by atoms with E-state index in [9.17, 15) is 4.79 Å². The van der Waals surface area contributed by atoms with Gasteiger partial charge in [-0.3, -0.25) is 4.79 Å². The Kier molecular flexibility index (Phi) is 5.77. The lowest BCUT2D eigenvalue weighted by atomic mass is 10.0. The van der Waals surface area contributed by atoms with E-state index >= 15 is 0 Å². The fraction of sp³-hybridized carbons (Fsp3) is 0.348. The summed E-state index contributed by atoms with van der Waals surface area (Å²) in [7, 11) is 0. The fourth-order valence-corrected chi connectivity index (χ4v) is 4.19. The number of aromatic nitrogens is 3. The molecule has 1 atom stereocenters. The van der Waals surface area contributed by atoms with Crippen LogP contribution in [0.4, 0.5) is 0 Å². The molecule has 1 saturated heterocycles. The second-order valence-electron chi connectivity index (χ2n) is 7.50. The van der Waals surface area contributed by atoms with Gasteiger partial charge in [0.2, 0.25) is 0 Å². The van der Waals surface area contributed by atoms with Gasteiger partial charge in [-0.05, 0) is 69.5 Å². The number of carbonyl (C=O) groups is 1. The predicted octanol–water partition coefficient (Wildman–Crippen LogP) is 4.91. The van der Waals surface area contributed by atoms with Gasteiger partial charge in [-0.2, -0.15) is 5.10 Å². The maximum absolute atomic E-state index is 13.4. The number of ether oxygens (including phenoxy) is 1. The minimum Gasteiger partial charge on any atom is -0.494 e. The Labute approximate surface area is 181 Å². The number of halogens is 1. The van der Waals surface area contributed by atoms with Gasteiger partial charge in [0, 0.05) is 12.2 Å². The summed E-state index contributed by atoms with van der Waals surface area (Å²) >= 11 is 6.40. The van der Waals surface area contributed by atoms with Crippen LogP contribution in [-0.4, -0.2) is 38.7 Å². The number of pyridine rings is 1. The summed E-state index contributed by atoms with van der Waals surface area (Å²) in [4.78, 5) is 19.9. The largest absolute Gasteiger partial charge is 0.494 e. The first-order valence-electron chi connectivity index (χ1n) is 10.2. The molecule has 6 nitrogen and oxygen atoms in total.